The Bertz CT molecular complexity index is 194. The lowest BCUT2D eigenvalue weighted by molar-refractivity contribution is -0.141. The molecule has 0 radical (unpaired) electrons. The summed E-state index contributed by atoms with van der Waals surface area (Å²) in [6, 6.07) is -1.66. The summed E-state index contributed by atoms with van der Waals surface area (Å²) in [4.78, 5) is 11.1. The van der Waals surface area contributed by atoms with Crippen molar-refractivity contribution in [2.24, 2.45) is 5.73 Å². The molecule has 0 fully saturated rings. The van der Waals surface area contributed by atoms with Gasteiger partial charge in [-0.2, -0.15) is 13.2 Å². The van der Waals surface area contributed by atoms with Gasteiger partial charge in [-0.3, -0.25) is 4.79 Å². The molecule has 0 aliphatic rings. The summed E-state index contributed by atoms with van der Waals surface area (Å²) in [7, 11) is 0. The number of nitrogens with two attached hydrogens (primary N) is 1. The van der Waals surface area contributed by atoms with Crippen molar-refractivity contribution in [2.75, 3.05) is 0 Å². The average Bonchev–Trinajstić information content (AvgIpc) is 1.99. The monoisotopic (exact) mass is 212 g/mol. The number of carbonyl (C=O) groups is 1. The average molecular weight is 212 g/mol. The maximum atomic E-state index is 11.9. The number of nitrogens with one attached hydrogen (secondary N) is 1. The van der Waals surface area contributed by atoms with Gasteiger partial charge < -0.3 is 11.1 Å². The van der Waals surface area contributed by atoms with Crippen molar-refractivity contribution in [2.45, 2.75) is 44.9 Å². The number of amides is 1. The third-order valence-electron chi connectivity index (χ3n) is 1.70. The minimum absolute atomic E-state index is 0.407. The van der Waals surface area contributed by atoms with Crippen LogP contribution in [0, 0.1) is 0 Å². The lowest BCUT2D eigenvalue weighted by Crippen LogP contribution is -2.45. The van der Waals surface area contributed by atoms with Crippen LogP contribution >= 0.6 is 0 Å². The standard InChI is InChI=1S/C8H15F3N2O/c1-3-6(12)7(14)13-5(2)4-8(9,10)11/h5-6H,3-4,12H2,1-2H3,(H,13,14). The highest BCUT2D eigenvalue weighted by molar-refractivity contribution is 5.81. The van der Waals surface area contributed by atoms with E-state index >= 15 is 0 Å². The number of hydrogen-bond acceptors (Lipinski definition) is 2. The minimum atomic E-state index is -4.26. The van der Waals surface area contributed by atoms with Crippen LogP contribution in [0.15, 0.2) is 0 Å². The van der Waals surface area contributed by atoms with E-state index in [1.54, 1.807) is 6.92 Å². The Morgan fingerprint density at radius 3 is 2.36 bits per heavy atom. The molecule has 1 amide bonds. The highest BCUT2D eigenvalue weighted by Crippen LogP contribution is 2.21. The van der Waals surface area contributed by atoms with E-state index in [1.807, 2.05) is 0 Å². The van der Waals surface area contributed by atoms with Gasteiger partial charge in [-0.15, -0.1) is 0 Å². The third kappa shape index (κ3) is 5.80. The summed E-state index contributed by atoms with van der Waals surface area (Å²) in [6.45, 7) is 2.99. The largest absolute Gasteiger partial charge is 0.391 e. The summed E-state index contributed by atoms with van der Waals surface area (Å²) in [6.07, 6.45) is -4.89. The Kier molecular flexibility index (Phi) is 4.90. The first-order valence-corrected chi connectivity index (χ1v) is 4.39. The summed E-state index contributed by atoms with van der Waals surface area (Å²) in [5.41, 5.74) is 5.34. The molecule has 0 saturated heterocycles. The summed E-state index contributed by atoms with van der Waals surface area (Å²) in [5, 5.41) is 2.20. The molecule has 6 heteroatoms. The Labute approximate surface area is 80.8 Å². The molecule has 84 valence electrons. The first-order chi connectivity index (χ1) is 6.26. The predicted octanol–water partition coefficient (Wildman–Crippen LogP) is 1.18. The van der Waals surface area contributed by atoms with Crippen LogP contribution in [0.2, 0.25) is 0 Å². The van der Waals surface area contributed by atoms with E-state index in [1.165, 1.54) is 6.92 Å². The zero-order chi connectivity index (χ0) is 11.4. The van der Waals surface area contributed by atoms with Crippen LogP contribution in [-0.4, -0.2) is 24.2 Å². The van der Waals surface area contributed by atoms with Crippen LogP contribution in [0.4, 0.5) is 13.2 Å². The van der Waals surface area contributed by atoms with Gasteiger partial charge in [-0.1, -0.05) is 6.92 Å². The number of hydrogen-bond donors (Lipinski definition) is 2. The molecule has 0 saturated carbocycles. The fourth-order valence-corrected chi connectivity index (χ4v) is 0.933. The van der Waals surface area contributed by atoms with Gasteiger partial charge in [0.2, 0.25) is 5.91 Å². The fraction of sp³-hybridized carbons (Fsp3) is 0.875. The van der Waals surface area contributed by atoms with Gasteiger partial charge in [0.25, 0.3) is 0 Å². The van der Waals surface area contributed by atoms with Crippen LogP contribution < -0.4 is 11.1 Å². The highest BCUT2D eigenvalue weighted by atomic mass is 19.4. The minimum Gasteiger partial charge on any atom is -0.352 e. The topological polar surface area (TPSA) is 55.1 Å². The molecule has 14 heavy (non-hydrogen) atoms. The molecule has 0 aliphatic heterocycles. The van der Waals surface area contributed by atoms with E-state index in [0.29, 0.717) is 6.42 Å². The molecule has 0 aliphatic carbocycles. The Balaban J connectivity index is 3.95. The smallest absolute Gasteiger partial charge is 0.352 e. The van der Waals surface area contributed by atoms with Crippen molar-refractivity contribution in [3.8, 4) is 0 Å². The number of rotatable bonds is 4. The van der Waals surface area contributed by atoms with Crippen molar-refractivity contribution in [3.63, 3.8) is 0 Å². The van der Waals surface area contributed by atoms with Crippen molar-refractivity contribution in [1.82, 2.24) is 5.32 Å². The predicted molar refractivity (Wildman–Crippen MR) is 46.5 cm³/mol. The molecule has 2 atom stereocenters. The zero-order valence-electron chi connectivity index (χ0n) is 8.19. The van der Waals surface area contributed by atoms with Gasteiger partial charge in [0.1, 0.15) is 0 Å². The van der Waals surface area contributed by atoms with E-state index in [0.717, 1.165) is 0 Å². The lowest BCUT2D eigenvalue weighted by atomic mass is 10.2. The normalized spacial score (nSPS) is 16.1. The van der Waals surface area contributed by atoms with Crippen molar-refractivity contribution >= 4 is 5.91 Å². The van der Waals surface area contributed by atoms with E-state index < -0.39 is 30.6 Å². The molecule has 2 unspecified atom stereocenters. The molecular formula is C8H15F3N2O. The van der Waals surface area contributed by atoms with Crippen molar-refractivity contribution in [1.29, 1.82) is 0 Å². The molecule has 0 bridgehead atoms. The summed E-state index contributed by atoms with van der Waals surface area (Å²) < 4.78 is 35.6. The molecule has 0 aromatic carbocycles. The third-order valence-corrected chi connectivity index (χ3v) is 1.70. The molecule has 3 nitrogen and oxygen atoms in total. The molecule has 0 aromatic rings. The molecular weight excluding hydrogens is 197 g/mol. The molecule has 0 aromatic heterocycles. The van der Waals surface area contributed by atoms with Crippen molar-refractivity contribution < 1.29 is 18.0 Å². The van der Waals surface area contributed by atoms with Gasteiger partial charge in [-0.05, 0) is 13.3 Å². The van der Waals surface area contributed by atoms with Crippen LogP contribution in [0.25, 0.3) is 0 Å². The van der Waals surface area contributed by atoms with E-state index in [4.69, 9.17) is 5.73 Å². The second kappa shape index (κ2) is 5.19. The second-order valence-corrected chi connectivity index (χ2v) is 3.24. The van der Waals surface area contributed by atoms with E-state index in [-0.39, 0.29) is 0 Å². The first-order valence-electron chi connectivity index (χ1n) is 4.39. The van der Waals surface area contributed by atoms with Crippen LogP contribution in [-0.2, 0) is 4.79 Å². The highest BCUT2D eigenvalue weighted by Gasteiger charge is 2.30. The number of halogens is 3. The maximum absolute atomic E-state index is 11.9. The van der Waals surface area contributed by atoms with Gasteiger partial charge in [0.15, 0.2) is 0 Å². The fourth-order valence-electron chi connectivity index (χ4n) is 0.933. The first kappa shape index (κ1) is 13.2. The van der Waals surface area contributed by atoms with Crippen molar-refractivity contribution in [3.05, 3.63) is 0 Å². The molecule has 0 spiro atoms. The van der Waals surface area contributed by atoms with Gasteiger partial charge in [0, 0.05) is 6.04 Å². The molecule has 0 heterocycles. The summed E-state index contributed by atoms with van der Waals surface area (Å²) >= 11 is 0. The van der Waals surface area contributed by atoms with Crippen LogP contribution in [0.1, 0.15) is 26.7 Å². The van der Waals surface area contributed by atoms with Gasteiger partial charge in [0.05, 0.1) is 12.5 Å². The molecule has 3 N–H and O–H groups in total. The summed E-state index contributed by atoms with van der Waals surface area (Å²) in [5.74, 6) is -0.538. The zero-order valence-corrected chi connectivity index (χ0v) is 8.19. The van der Waals surface area contributed by atoms with Gasteiger partial charge in [-0.25, -0.2) is 0 Å². The van der Waals surface area contributed by atoms with Gasteiger partial charge >= 0.3 is 6.18 Å². The van der Waals surface area contributed by atoms with E-state index in [9.17, 15) is 18.0 Å². The SMILES string of the molecule is CCC(N)C(=O)NC(C)CC(F)(F)F. The maximum Gasteiger partial charge on any atom is 0.391 e. The quantitative estimate of drug-likeness (QED) is 0.735. The van der Waals surface area contributed by atoms with Crippen LogP contribution in [0.3, 0.4) is 0 Å². The van der Waals surface area contributed by atoms with Crippen LogP contribution in [0.5, 0.6) is 0 Å². The number of carbonyl (C=O) groups excluding carboxylic acids is 1. The molecule has 0 rings (SSSR count). The number of alkyl halides is 3. The Morgan fingerprint density at radius 2 is 2.00 bits per heavy atom. The Hall–Kier alpha value is -0.780. The Morgan fingerprint density at radius 1 is 1.50 bits per heavy atom. The lowest BCUT2D eigenvalue weighted by Gasteiger charge is -2.17. The second-order valence-electron chi connectivity index (χ2n) is 3.24. The van der Waals surface area contributed by atoms with E-state index in [2.05, 4.69) is 5.32 Å².